The minimum Gasteiger partial charge on any atom is -0.371 e. The van der Waals surface area contributed by atoms with Crippen LogP contribution in [-0.4, -0.2) is 22.9 Å². The monoisotopic (exact) mass is 616 g/mol. The van der Waals surface area contributed by atoms with Crippen molar-refractivity contribution in [3.8, 4) is 0 Å². The van der Waals surface area contributed by atoms with Gasteiger partial charge in [-0.2, -0.15) is 0 Å². The highest BCUT2D eigenvalue weighted by molar-refractivity contribution is 6.33. The molecule has 0 radical (unpaired) electrons. The van der Waals surface area contributed by atoms with Crippen molar-refractivity contribution in [2.24, 2.45) is 0 Å². The van der Waals surface area contributed by atoms with Gasteiger partial charge >= 0.3 is 0 Å². The molecule has 2 saturated heterocycles. The van der Waals surface area contributed by atoms with Crippen LogP contribution < -0.4 is 9.80 Å². The summed E-state index contributed by atoms with van der Waals surface area (Å²) in [6.07, 6.45) is 3.59. The van der Waals surface area contributed by atoms with Crippen LogP contribution in [0.5, 0.6) is 0 Å². The van der Waals surface area contributed by atoms with Crippen molar-refractivity contribution in [1.29, 1.82) is 0 Å². The van der Waals surface area contributed by atoms with Gasteiger partial charge in [-0.25, -0.2) is 0 Å². The largest absolute Gasteiger partial charge is 0.371 e. The number of piperidine rings is 1. The second-order valence-corrected chi connectivity index (χ2v) is 12.0. The van der Waals surface area contributed by atoms with Gasteiger partial charge in [0.25, 0.3) is 11.4 Å². The first kappa shape index (κ1) is 29.0. The zero-order valence-electron chi connectivity index (χ0n) is 23.3. The molecule has 2 atom stereocenters. The molecule has 6 rings (SSSR count). The van der Waals surface area contributed by atoms with Crippen LogP contribution in [0.4, 0.5) is 22.7 Å². The van der Waals surface area contributed by atoms with Crippen molar-refractivity contribution in [3.05, 3.63) is 138 Å². The number of nitrogens with zero attached hydrogens (tertiary/aromatic N) is 4. The lowest BCUT2D eigenvalue weighted by Gasteiger charge is -2.35. The molecule has 2 aliphatic rings. The highest BCUT2D eigenvalue weighted by Gasteiger charge is 2.37. The van der Waals surface area contributed by atoms with Crippen LogP contribution in [0.15, 0.2) is 91.0 Å². The first-order valence-electron chi connectivity index (χ1n) is 14.4. The van der Waals surface area contributed by atoms with E-state index in [0.717, 1.165) is 48.4 Å². The Morgan fingerprint density at radius 3 is 1.58 bits per heavy atom. The van der Waals surface area contributed by atoms with Crippen LogP contribution in [0.2, 0.25) is 10.0 Å². The van der Waals surface area contributed by atoms with Crippen LogP contribution in [0, 0.1) is 20.2 Å². The van der Waals surface area contributed by atoms with E-state index in [1.807, 2.05) is 12.1 Å². The summed E-state index contributed by atoms with van der Waals surface area (Å²) in [6.45, 7) is 1.94. The second-order valence-electron chi connectivity index (χ2n) is 11.1. The van der Waals surface area contributed by atoms with Crippen LogP contribution in [0.25, 0.3) is 0 Å². The molecule has 2 heterocycles. The minimum atomic E-state index is -0.471. The lowest BCUT2D eigenvalue weighted by molar-refractivity contribution is -0.384. The molecule has 220 valence electrons. The Balaban J connectivity index is 1.30. The maximum absolute atomic E-state index is 11.7. The van der Waals surface area contributed by atoms with Crippen molar-refractivity contribution in [1.82, 2.24) is 0 Å². The van der Waals surface area contributed by atoms with Crippen LogP contribution in [0.3, 0.4) is 0 Å². The number of benzene rings is 4. The highest BCUT2D eigenvalue weighted by atomic mass is 35.5. The molecule has 0 amide bonds. The SMILES string of the molecule is O=[N+]([O-])c1cc([C@H]2CC[C@H](c3ccc(Cl)c([N+](=O)[O-])c3)N2c2ccc(N3CCC(c4ccccc4)CC3)cc2)ccc1Cl. The van der Waals surface area contributed by atoms with Crippen molar-refractivity contribution < 1.29 is 9.85 Å². The number of nitro groups is 2. The first-order valence-corrected chi connectivity index (χ1v) is 15.1. The average Bonchev–Trinajstić information content (AvgIpc) is 3.47. The molecule has 2 fully saturated rings. The van der Waals surface area contributed by atoms with Crippen molar-refractivity contribution in [3.63, 3.8) is 0 Å². The standard InChI is InChI=1S/C33H30Cl2N4O4/c34-28-12-6-24(20-32(28)38(40)41)30-14-15-31(25-7-13-29(35)33(21-25)39(42)43)37(30)27-10-8-26(9-11-27)36-18-16-23(17-19-36)22-4-2-1-3-5-22/h1-13,20-21,23,30-31H,14-19H2/t30-,31-/m1/s1. The van der Waals surface area contributed by atoms with E-state index in [0.29, 0.717) is 18.8 Å². The summed E-state index contributed by atoms with van der Waals surface area (Å²) in [5.41, 5.74) is 4.74. The Morgan fingerprint density at radius 1 is 0.605 bits per heavy atom. The quantitative estimate of drug-likeness (QED) is 0.152. The van der Waals surface area contributed by atoms with E-state index < -0.39 is 9.85 Å². The Bertz CT molecular complexity index is 1570. The predicted octanol–water partition coefficient (Wildman–Crippen LogP) is 9.28. The van der Waals surface area contributed by atoms with Crippen molar-refractivity contribution in [2.45, 2.75) is 43.7 Å². The molecule has 43 heavy (non-hydrogen) atoms. The first-order chi connectivity index (χ1) is 20.8. The zero-order valence-corrected chi connectivity index (χ0v) is 24.8. The van der Waals surface area contributed by atoms with E-state index in [-0.39, 0.29) is 33.5 Å². The molecule has 0 saturated carbocycles. The van der Waals surface area contributed by atoms with Gasteiger partial charge in [0.1, 0.15) is 10.0 Å². The van der Waals surface area contributed by atoms with Gasteiger partial charge in [0.05, 0.1) is 21.9 Å². The molecule has 0 bridgehead atoms. The Labute approximate surface area is 259 Å². The maximum atomic E-state index is 11.7. The number of halogens is 2. The highest BCUT2D eigenvalue weighted by Crippen LogP contribution is 2.49. The summed E-state index contributed by atoms with van der Waals surface area (Å²) in [6, 6.07) is 28.6. The molecule has 4 aromatic carbocycles. The zero-order chi connectivity index (χ0) is 30.1. The van der Waals surface area contributed by atoms with Crippen LogP contribution >= 0.6 is 23.2 Å². The number of nitro benzene ring substituents is 2. The van der Waals surface area contributed by atoms with E-state index in [4.69, 9.17) is 23.2 Å². The summed E-state index contributed by atoms with van der Waals surface area (Å²) in [4.78, 5) is 27.0. The normalized spacial score (nSPS) is 19.0. The van der Waals surface area contributed by atoms with Gasteiger partial charge in [0, 0.05) is 36.6 Å². The van der Waals surface area contributed by atoms with Gasteiger partial charge in [-0.3, -0.25) is 20.2 Å². The lowest BCUT2D eigenvalue weighted by Crippen LogP contribution is -2.33. The summed E-state index contributed by atoms with van der Waals surface area (Å²) in [7, 11) is 0. The Morgan fingerprint density at radius 2 is 1.09 bits per heavy atom. The summed E-state index contributed by atoms with van der Waals surface area (Å²) < 4.78 is 0. The molecule has 0 N–H and O–H groups in total. The fourth-order valence-electron chi connectivity index (χ4n) is 6.61. The van der Waals surface area contributed by atoms with Crippen molar-refractivity contribution in [2.75, 3.05) is 22.9 Å². The van der Waals surface area contributed by atoms with E-state index >= 15 is 0 Å². The topological polar surface area (TPSA) is 92.8 Å². The summed E-state index contributed by atoms with van der Waals surface area (Å²) in [5.74, 6) is 0.565. The fraction of sp³-hybridized carbons (Fsp3) is 0.273. The maximum Gasteiger partial charge on any atom is 0.288 e. The number of anilines is 2. The third-order valence-electron chi connectivity index (χ3n) is 8.77. The number of hydrogen-bond donors (Lipinski definition) is 0. The molecule has 0 aliphatic carbocycles. The van der Waals surface area contributed by atoms with Gasteiger partial charge in [-0.05, 0) is 84.7 Å². The van der Waals surface area contributed by atoms with Gasteiger partial charge in [-0.15, -0.1) is 0 Å². The third kappa shape index (κ3) is 5.90. The average molecular weight is 618 g/mol. The van der Waals surface area contributed by atoms with E-state index in [9.17, 15) is 20.2 Å². The summed E-state index contributed by atoms with van der Waals surface area (Å²) >= 11 is 12.3. The lowest BCUT2D eigenvalue weighted by atomic mass is 9.89. The molecule has 4 aromatic rings. The van der Waals surface area contributed by atoms with E-state index in [1.165, 1.54) is 17.7 Å². The predicted molar refractivity (Wildman–Crippen MR) is 170 cm³/mol. The van der Waals surface area contributed by atoms with Crippen LogP contribution in [0.1, 0.15) is 60.4 Å². The number of hydrogen-bond acceptors (Lipinski definition) is 6. The number of rotatable bonds is 7. The Hall–Kier alpha value is -4.14. The van der Waals surface area contributed by atoms with E-state index in [2.05, 4.69) is 64.4 Å². The van der Waals surface area contributed by atoms with E-state index in [1.54, 1.807) is 12.1 Å². The van der Waals surface area contributed by atoms with Gasteiger partial charge in [-0.1, -0.05) is 65.7 Å². The van der Waals surface area contributed by atoms with Crippen LogP contribution in [-0.2, 0) is 0 Å². The molecular formula is C33H30Cl2N4O4. The van der Waals surface area contributed by atoms with Gasteiger partial charge in [0.2, 0.25) is 0 Å². The molecule has 2 aliphatic heterocycles. The fourth-order valence-corrected chi connectivity index (χ4v) is 6.98. The molecular weight excluding hydrogens is 587 g/mol. The smallest absolute Gasteiger partial charge is 0.288 e. The molecule has 8 nitrogen and oxygen atoms in total. The Kier molecular flexibility index (Phi) is 8.23. The molecule has 10 heteroatoms. The third-order valence-corrected chi connectivity index (χ3v) is 9.41. The van der Waals surface area contributed by atoms with Gasteiger partial charge in [0.15, 0.2) is 0 Å². The molecule has 0 aromatic heterocycles. The van der Waals surface area contributed by atoms with Gasteiger partial charge < -0.3 is 9.80 Å². The minimum absolute atomic E-state index is 0.0866. The van der Waals surface area contributed by atoms with Crippen molar-refractivity contribution >= 4 is 46.0 Å². The second kappa shape index (κ2) is 12.2. The molecule has 0 spiro atoms. The summed E-state index contributed by atoms with van der Waals surface area (Å²) in [5, 5.41) is 23.5. The molecule has 0 unspecified atom stereocenters.